The number of ether oxygens (including phenoxy) is 1. The number of sulfone groups is 1. The van der Waals surface area contributed by atoms with E-state index in [-0.39, 0.29) is 23.7 Å². The first-order valence-corrected chi connectivity index (χ1v) is 10.4. The summed E-state index contributed by atoms with van der Waals surface area (Å²) in [5.41, 5.74) is 2.97. The molecule has 4 nitrogen and oxygen atoms in total. The molecule has 0 aliphatic carbocycles. The maximum atomic E-state index is 12.9. The first-order valence-electron chi connectivity index (χ1n) is 8.72. The lowest BCUT2D eigenvalue weighted by Gasteiger charge is -2.07. The van der Waals surface area contributed by atoms with Crippen LogP contribution < -0.4 is 0 Å². The molecule has 0 saturated heterocycles. The molecule has 0 fully saturated rings. The van der Waals surface area contributed by atoms with Crippen molar-refractivity contribution in [2.75, 3.05) is 5.75 Å². The minimum absolute atomic E-state index is 0.0156. The fourth-order valence-corrected chi connectivity index (χ4v) is 3.86. The van der Waals surface area contributed by atoms with Gasteiger partial charge in [0.05, 0.1) is 17.1 Å². The molecule has 0 aromatic heterocycles. The number of halogens is 1. The first kappa shape index (κ1) is 19.8. The van der Waals surface area contributed by atoms with Gasteiger partial charge in [-0.15, -0.1) is 0 Å². The number of hydrogen-bond donors (Lipinski definition) is 0. The summed E-state index contributed by atoms with van der Waals surface area (Å²) in [5.74, 6) is -1.50. The molecule has 0 bridgehead atoms. The van der Waals surface area contributed by atoms with Crippen LogP contribution >= 0.6 is 0 Å². The van der Waals surface area contributed by atoms with Gasteiger partial charge >= 0.3 is 5.97 Å². The zero-order valence-corrected chi connectivity index (χ0v) is 15.9. The number of benzene rings is 3. The molecular weight excluding hydrogens is 379 g/mol. The Morgan fingerprint density at radius 3 is 2.07 bits per heavy atom. The monoisotopic (exact) mass is 398 g/mol. The van der Waals surface area contributed by atoms with Crippen LogP contribution in [0.1, 0.15) is 12.0 Å². The van der Waals surface area contributed by atoms with Gasteiger partial charge in [-0.05, 0) is 41.0 Å². The summed E-state index contributed by atoms with van der Waals surface area (Å²) in [5, 5.41) is 0. The molecule has 3 aromatic rings. The normalized spacial score (nSPS) is 11.2. The third-order valence-corrected chi connectivity index (χ3v) is 5.94. The SMILES string of the molecule is O=C(CCS(=O)(=O)c1ccc(F)cc1)OCc1ccc(-c2ccccc2)cc1. The van der Waals surface area contributed by atoms with Gasteiger partial charge in [0.2, 0.25) is 0 Å². The summed E-state index contributed by atoms with van der Waals surface area (Å²) in [6.07, 6.45) is -0.262. The Labute approximate surface area is 163 Å². The number of hydrogen-bond acceptors (Lipinski definition) is 4. The molecule has 0 heterocycles. The van der Waals surface area contributed by atoms with Gasteiger partial charge in [-0.25, -0.2) is 12.8 Å². The minimum Gasteiger partial charge on any atom is -0.461 e. The average Bonchev–Trinajstić information content (AvgIpc) is 2.72. The number of esters is 1. The number of carbonyl (C=O) groups is 1. The lowest BCUT2D eigenvalue weighted by molar-refractivity contribution is -0.144. The lowest BCUT2D eigenvalue weighted by Crippen LogP contribution is -2.13. The predicted molar refractivity (Wildman–Crippen MR) is 105 cm³/mol. The van der Waals surface area contributed by atoms with Crippen molar-refractivity contribution in [2.45, 2.75) is 17.9 Å². The molecule has 3 aromatic carbocycles. The molecule has 3 rings (SSSR count). The molecule has 0 aliphatic heterocycles. The van der Waals surface area contributed by atoms with E-state index in [9.17, 15) is 17.6 Å². The molecule has 0 amide bonds. The summed E-state index contributed by atoms with van der Waals surface area (Å²) >= 11 is 0. The molecule has 6 heteroatoms. The molecular formula is C22H19FO4S. The topological polar surface area (TPSA) is 60.4 Å². The van der Waals surface area contributed by atoms with Crippen molar-refractivity contribution in [2.24, 2.45) is 0 Å². The zero-order chi connectivity index (χ0) is 20.0. The van der Waals surface area contributed by atoms with E-state index in [1.165, 1.54) is 12.1 Å². The van der Waals surface area contributed by atoms with Crippen LogP contribution in [-0.2, 0) is 26.0 Å². The van der Waals surface area contributed by atoms with Gasteiger partial charge in [0.15, 0.2) is 9.84 Å². The minimum atomic E-state index is -3.66. The van der Waals surface area contributed by atoms with E-state index in [1.54, 1.807) is 0 Å². The highest BCUT2D eigenvalue weighted by molar-refractivity contribution is 7.91. The van der Waals surface area contributed by atoms with Gasteiger partial charge in [-0.3, -0.25) is 4.79 Å². The fraction of sp³-hybridized carbons (Fsp3) is 0.136. The lowest BCUT2D eigenvalue weighted by atomic mass is 10.0. The van der Waals surface area contributed by atoms with Gasteiger partial charge in [0.25, 0.3) is 0 Å². The van der Waals surface area contributed by atoms with E-state index in [1.807, 2.05) is 54.6 Å². The second-order valence-corrected chi connectivity index (χ2v) is 8.36. The van der Waals surface area contributed by atoms with E-state index < -0.39 is 21.6 Å². The van der Waals surface area contributed by atoms with Gasteiger partial charge < -0.3 is 4.74 Å². The quantitative estimate of drug-likeness (QED) is 0.437. The van der Waals surface area contributed by atoms with Crippen molar-refractivity contribution in [3.63, 3.8) is 0 Å². The highest BCUT2D eigenvalue weighted by atomic mass is 32.2. The van der Waals surface area contributed by atoms with Gasteiger partial charge in [-0.2, -0.15) is 0 Å². The molecule has 28 heavy (non-hydrogen) atoms. The molecule has 0 saturated carbocycles. The molecule has 0 radical (unpaired) electrons. The van der Waals surface area contributed by atoms with Gasteiger partial charge in [0.1, 0.15) is 12.4 Å². The van der Waals surface area contributed by atoms with E-state index >= 15 is 0 Å². The van der Waals surface area contributed by atoms with Crippen LogP contribution in [0, 0.1) is 5.82 Å². The summed E-state index contributed by atoms with van der Waals surface area (Å²) in [6.45, 7) is 0.0739. The smallest absolute Gasteiger partial charge is 0.307 e. The van der Waals surface area contributed by atoms with Crippen molar-refractivity contribution in [1.29, 1.82) is 0 Å². The summed E-state index contributed by atoms with van der Waals surface area (Å²) in [7, 11) is -3.66. The predicted octanol–water partition coefficient (Wildman–Crippen LogP) is 4.40. The Kier molecular flexibility index (Phi) is 6.21. The van der Waals surface area contributed by atoms with Crippen molar-refractivity contribution < 1.29 is 22.3 Å². The summed E-state index contributed by atoms with van der Waals surface area (Å²) in [6, 6.07) is 22.0. The highest BCUT2D eigenvalue weighted by Gasteiger charge is 2.17. The second kappa shape index (κ2) is 8.80. The van der Waals surface area contributed by atoms with E-state index in [4.69, 9.17) is 4.74 Å². The zero-order valence-electron chi connectivity index (χ0n) is 15.0. The van der Waals surface area contributed by atoms with Gasteiger partial charge in [0, 0.05) is 0 Å². The van der Waals surface area contributed by atoms with E-state index in [2.05, 4.69) is 0 Å². The largest absolute Gasteiger partial charge is 0.461 e. The van der Waals surface area contributed by atoms with Crippen LogP contribution in [0.3, 0.4) is 0 Å². The van der Waals surface area contributed by atoms with Crippen molar-refractivity contribution >= 4 is 15.8 Å². The first-order chi connectivity index (χ1) is 13.4. The summed E-state index contributed by atoms with van der Waals surface area (Å²) in [4.78, 5) is 11.9. The molecule has 0 unspecified atom stereocenters. The van der Waals surface area contributed by atoms with E-state index in [0.29, 0.717) is 0 Å². The highest BCUT2D eigenvalue weighted by Crippen LogP contribution is 2.19. The third kappa shape index (κ3) is 5.27. The Morgan fingerprint density at radius 1 is 0.821 bits per heavy atom. The van der Waals surface area contributed by atoms with Crippen molar-refractivity contribution in [1.82, 2.24) is 0 Å². The second-order valence-electron chi connectivity index (χ2n) is 6.25. The number of rotatable bonds is 7. The van der Waals surface area contributed by atoms with Crippen LogP contribution in [0.2, 0.25) is 0 Å². The van der Waals surface area contributed by atoms with Crippen molar-refractivity contribution in [3.8, 4) is 11.1 Å². The van der Waals surface area contributed by atoms with Crippen LogP contribution in [0.5, 0.6) is 0 Å². The summed E-state index contributed by atoms with van der Waals surface area (Å²) < 4.78 is 42.4. The molecule has 144 valence electrons. The molecule has 0 spiro atoms. The third-order valence-electron chi connectivity index (χ3n) is 4.21. The van der Waals surface area contributed by atoms with Crippen LogP contribution in [0.25, 0.3) is 11.1 Å². The Morgan fingerprint density at radius 2 is 1.43 bits per heavy atom. The molecule has 0 N–H and O–H groups in total. The maximum Gasteiger partial charge on any atom is 0.307 e. The molecule has 0 aliphatic rings. The van der Waals surface area contributed by atoms with Gasteiger partial charge in [-0.1, -0.05) is 54.6 Å². The molecule has 0 atom stereocenters. The van der Waals surface area contributed by atoms with Crippen molar-refractivity contribution in [3.05, 3.63) is 90.2 Å². The Balaban J connectivity index is 1.51. The van der Waals surface area contributed by atoms with E-state index in [0.717, 1.165) is 28.8 Å². The Bertz CT molecular complexity index is 1030. The number of carbonyl (C=O) groups excluding carboxylic acids is 1. The average molecular weight is 398 g/mol. The Hall–Kier alpha value is -2.99. The maximum absolute atomic E-state index is 12.9. The standard InChI is InChI=1S/C22H19FO4S/c23-20-10-12-21(13-11-20)28(25,26)15-14-22(24)27-16-17-6-8-19(9-7-17)18-4-2-1-3-5-18/h1-13H,14-16H2. The van der Waals surface area contributed by atoms with Crippen LogP contribution in [0.4, 0.5) is 4.39 Å². The fourth-order valence-electron chi connectivity index (χ4n) is 2.64. The van der Waals surface area contributed by atoms with Crippen LogP contribution in [0.15, 0.2) is 83.8 Å². The van der Waals surface area contributed by atoms with Crippen LogP contribution in [-0.4, -0.2) is 20.1 Å².